The highest BCUT2D eigenvalue weighted by molar-refractivity contribution is 7.10. The number of rotatable bonds is 5. The average molecular weight is 508 g/mol. The van der Waals surface area contributed by atoms with Gasteiger partial charge in [-0.05, 0) is 36.6 Å². The van der Waals surface area contributed by atoms with E-state index in [1.807, 2.05) is 17.5 Å². The Kier molecular flexibility index (Phi) is 5.79. The van der Waals surface area contributed by atoms with Crippen molar-refractivity contribution >= 4 is 40.4 Å². The van der Waals surface area contributed by atoms with E-state index in [0.717, 1.165) is 4.88 Å². The smallest absolute Gasteiger partial charge is 0.338 e. The van der Waals surface area contributed by atoms with Crippen LogP contribution in [-0.2, 0) is 9.53 Å². The number of aromatic nitrogens is 1. The van der Waals surface area contributed by atoms with Crippen LogP contribution in [0.5, 0.6) is 0 Å². The molecule has 1 atom stereocenters. The van der Waals surface area contributed by atoms with Gasteiger partial charge in [0, 0.05) is 17.0 Å². The van der Waals surface area contributed by atoms with E-state index in [1.54, 1.807) is 43.3 Å². The molecule has 0 spiro atoms. The number of nitrogens with zero attached hydrogens (tertiary/aromatic N) is 3. The molecule has 0 saturated heterocycles. The Morgan fingerprint density at radius 3 is 2.74 bits per heavy atom. The van der Waals surface area contributed by atoms with Crippen LogP contribution in [0.3, 0.4) is 0 Å². The molecular formula is C24H17N3O6S2. The lowest BCUT2D eigenvalue weighted by molar-refractivity contribution is -0.384. The monoisotopic (exact) mass is 507 g/mol. The Morgan fingerprint density at radius 2 is 2.03 bits per heavy atom. The second-order valence-corrected chi connectivity index (χ2v) is 9.55. The largest absolute Gasteiger partial charge is 0.466 e. The van der Waals surface area contributed by atoms with E-state index in [1.165, 1.54) is 40.4 Å². The number of para-hydroxylation sites is 1. The molecule has 11 heteroatoms. The van der Waals surface area contributed by atoms with E-state index < -0.39 is 16.9 Å². The number of nitro benzene ring substituents is 1. The van der Waals surface area contributed by atoms with Crippen LogP contribution < -0.4 is 14.9 Å². The summed E-state index contributed by atoms with van der Waals surface area (Å²) in [5.41, 5.74) is 0.735. The van der Waals surface area contributed by atoms with E-state index in [2.05, 4.69) is 4.99 Å². The first-order valence-corrected chi connectivity index (χ1v) is 12.1. The van der Waals surface area contributed by atoms with Gasteiger partial charge in [0.2, 0.25) is 0 Å². The third kappa shape index (κ3) is 3.94. The summed E-state index contributed by atoms with van der Waals surface area (Å²) in [7, 11) is 1.30. The third-order valence-electron chi connectivity index (χ3n) is 5.51. The first-order chi connectivity index (χ1) is 16.9. The van der Waals surface area contributed by atoms with Gasteiger partial charge in [-0.25, -0.2) is 9.79 Å². The van der Waals surface area contributed by atoms with Gasteiger partial charge in [0.05, 0.1) is 33.4 Å². The molecule has 35 heavy (non-hydrogen) atoms. The first kappa shape index (κ1) is 22.7. The zero-order valence-electron chi connectivity index (χ0n) is 18.5. The van der Waals surface area contributed by atoms with Crippen LogP contribution in [0.4, 0.5) is 5.69 Å². The second-order valence-electron chi connectivity index (χ2n) is 7.57. The van der Waals surface area contributed by atoms with Crippen LogP contribution in [0.1, 0.15) is 23.6 Å². The maximum absolute atomic E-state index is 13.5. The van der Waals surface area contributed by atoms with Gasteiger partial charge in [0.15, 0.2) is 4.80 Å². The molecule has 0 aliphatic carbocycles. The molecule has 176 valence electrons. The maximum Gasteiger partial charge on any atom is 0.338 e. The summed E-state index contributed by atoms with van der Waals surface area (Å²) in [6.07, 6.45) is 1.57. The topological polar surface area (TPSA) is 117 Å². The number of furan rings is 1. The fourth-order valence-electron chi connectivity index (χ4n) is 3.95. The number of carbonyl (C=O) groups excluding carboxylic acids is 1. The zero-order valence-corrected chi connectivity index (χ0v) is 20.1. The number of nitro groups is 1. The molecule has 4 aromatic rings. The Morgan fingerprint density at radius 1 is 1.23 bits per heavy atom. The SMILES string of the molecule is COC(=O)C1=C(C)N=c2s/c(=C/c3ccc(-c4ccccc4[N+](=O)[O-])o3)c(=O)n2C1c1cccs1. The van der Waals surface area contributed by atoms with Crippen molar-refractivity contribution in [1.82, 2.24) is 4.57 Å². The minimum atomic E-state index is -0.653. The molecular weight excluding hydrogens is 490 g/mol. The zero-order chi connectivity index (χ0) is 24.7. The van der Waals surface area contributed by atoms with Crippen molar-refractivity contribution in [3.05, 3.63) is 106 Å². The van der Waals surface area contributed by atoms with Crippen molar-refractivity contribution in [2.45, 2.75) is 13.0 Å². The number of hydrogen-bond donors (Lipinski definition) is 0. The molecule has 4 heterocycles. The normalized spacial score (nSPS) is 15.6. The summed E-state index contributed by atoms with van der Waals surface area (Å²) < 4.78 is 12.7. The number of thiazole rings is 1. The van der Waals surface area contributed by atoms with Crippen molar-refractivity contribution in [1.29, 1.82) is 0 Å². The molecule has 0 radical (unpaired) electrons. The molecule has 0 amide bonds. The molecule has 1 aliphatic rings. The summed E-state index contributed by atoms with van der Waals surface area (Å²) in [5.74, 6) is 0.135. The lowest BCUT2D eigenvalue weighted by atomic mass is 10.0. The third-order valence-corrected chi connectivity index (χ3v) is 7.41. The van der Waals surface area contributed by atoms with Crippen molar-refractivity contribution in [3.63, 3.8) is 0 Å². The highest BCUT2D eigenvalue weighted by Crippen LogP contribution is 2.33. The van der Waals surface area contributed by atoms with Crippen LogP contribution >= 0.6 is 22.7 Å². The Bertz CT molecular complexity index is 1670. The summed E-state index contributed by atoms with van der Waals surface area (Å²) in [5, 5.41) is 13.2. The molecule has 0 saturated carbocycles. The van der Waals surface area contributed by atoms with Gasteiger partial charge in [-0.3, -0.25) is 19.5 Å². The first-order valence-electron chi connectivity index (χ1n) is 10.4. The second kappa shape index (κ2) is 8.93. The molecule has 9 nitrogen and oxygen atoms in total. The number of allylic oxidation sites excluding steroid dienone is 1. The highest BCUT2D eigenvalue weighted by Gasteiger charge is 2.33. The van der Waals surface area contributed by atoms with E-state index in [4.69, 9.17) is 9.15 Å². The highest BCUT2D eigenvalue weighted by atomic mass is 32.1. The molecule has 3 aromatic heterocycles. The van der Waals surface area contributed by atoms with Gasteiger partial charge in [0.25, 0.3) is 11.2 Å². The van der Waals surface area contributed by atoms with E-state index in [0.29, 0.717) is 37.7 Å². The summed E-state index contributed by atoms with van der Waals surface area (Å²) in [4.78, 5) is 42.7. The van der Waals surface area contributed by atoms with Gasteiger partial charge >= 0.3 is 5.97 Å². The van der Waals surface area contributed by atoms with Gasteiger partial charge in [-0.15, -0.1) is 11.3 Å². The van der Waals surface area contributed by atoms with Crippen LogP contribution in [0.2, 0.25) is 0 Å². The summed E-state index contributed by atoms with van der Waals surface area (Å²) in [6.45, 7) is 1.72. The van der Waals surface area contributed by atoms with Crippen LogP contribution in [0.15, 0.2) is 79.4 Å². The number of carbonyl (C=O) groups is 1. The quantitative estimate of drug-likeness (QED) is 0.231. The number of ether oxygens (including phenoxy) is 1. The fourth-order valence-corrected chi connectivity index (χ4v) is 5.80. The predicted octanol–water partition coefficient (Wildman–Crippen LogP) is 3.64. The van der Waals surface area contributed by atoms with E-state index >= 15 is 0 Å². The predicted molar refractivity (Wildman–Crippen MR) is 131 cm³/mol. The molecule has 1 aromatic carbocycles. The van der Waals surface area contributed by atoms with Crippen molar-refractivity contribution in [3.8, 4) is 11.3 Å². The van der Waals surface area contributed by atoms with Crippen LogP contribution in [0, 0.1) is 10.1 Å². The molecule has 0 N–H and O–H groups in total. The lowest BCUT2D eigenvalue weighted by Gasteiger charge is -2.22. The van der Waals surface area contributed by atoms with Gasteiger partial charge < -0.3 is 9.15 Å². The molecule has 0 fully saturated rings. The van der Waals surface area contributed by atoms with Crippen molar-refractivity contribution in [2.75, 3.05) is 7.11 Å². The number of methoxy groups -OCH3 is 1. The van der Waals surface area contributed by atoms with Crippen LogP contribution in [-0.4, -0.2) is 22.6 Å². The van der Waals surface area contributed by atoms with E-state index in [-0.39, 0.29) is 11.2 Å². The fraction of sp³-hybridized carbons (Fsp3) is 0.125. The molecule has 1 aliphatic heterocycles. The molecule has 1 unspecified atom stereocenters. The Balaban J connectivity index is 1.63. The Labute approximate surface area is 205 Å². The van der Waals surface area contributed by atoms with Gasteiger partial charge in [0.1, 0.15) is 17.6 Å². The number of benzene rings is 1. The van der Waals surface area contributed by atoms with Crippen LogP contribution in [0.25, 0.3) is 17.4 Å². The van der Waals surface area contributed by atoms with Gasteiger partial charge in [-0.2, -0.15) is 0 Å². The number of thiophene rings is 1. The number of hydrogen-bond acceptors (Lipinski definition) is 9. The maximum atomic E-state index is 13.5. The number of fused-ring (bicyclic) bond motifs is 1. The summed E-state index contributed by atoms with van der Waals surface area (Å²) >= 11 is 2.61. The minimum absolute atomic E-state index is 0.0745. The molecule has 5 rings (SSSR count). The molecule has 0 bridgehead atoms. The Hall–Kier alpha value is -4.09. The number of esters is 1. The summed E-state index contributed by atoms with van der Waals surface area (Å²) in [6, 6.07) is 12.6. The average Bonchev–Trinajstić information content (AvgIpc) is 3.60. The minimum Gasteiger partial charge on any atom is -0.466 e. The van der Waals surface area contributed by atoms with Crippen molar-refractivity contribution in [2.24, 2.45) is 4.99 Å². The van der Waals surface area contributed by atoms with E-state index in [9.17, 15) is 19.7 Å². The lowest BCUT2D eigenvalue weighted by Crippen LogP contribution is -2.39. The van der Waals surface area contributed by atoms with Crippen molar-refractivity contribution < 1.29 is 18.9 Å². The standard InChI is InChI=1S/C24H17N3O6S2/c1-13-20(23(29)32-2)21(18-8-5-11-34-18)26-22(28)19(35-24(26)25-13)12-14-9-10-17(33-14)15-6-3-4-7-16(15)27(30)31/h3-12,21H,1-2H3/b19-12+. The van der Waals surface area contributed by atoms with Gasteiger partial charge in [-0.1, -0.05) is 29.5 Å².